The third-order valence-electron chi connectivity index (χ3n) is 2.72. The molecule has 1 heterocycles. The van der Waals surface area contributed by atoms with Crippen molar-refractivity contribution in [2.45, 2.75) is 51.2 Å². The number of hydrogen-bond donors (Lipinski definition) is 2. The normalized spacial score (nSPS) is 13.4. The Balaban J connectivity index is 2.67. The maximum atomic E-state index is 12.7. The molecule has 0 spiro atoms. The molecular formula is C15H27N2O7PS. The molecule has 0 bridgehead atoms. The van der Waals surface area contributed by atoms with E-state index >= 15 is 0 Å². The summed E-state index contributed by atoms with van der Waals surface area (Å²) in [5.74, 6) is 0.111. The number of H-pyrrole nitrogens is 1. The fourth-order valence-electron chi connectivity index (χ4n) is 1.84. The number of ether oxygens (including phenoxy) is 2. The summed E-state index contributed by atoms with van der Waals surface area (Å²) in [6, 6.07) is 1.20. The van der Waals surface area contributed by atoms with Gasteiger partial charge < -0.3 is 28.6 Å². The van der Waals surface area contributed by atoms with Gasteiger partial charge in [0.1, 0.15) is 19.1 Å². The summed E-state index contributed by atoms with van der Waals surface area (Å²) in [6.45, 7) is 6.51. The summed E-state index contributed by atoms with van der Waals surface area (Å²) in [5, 5.41) is 9.86. The molecule has 0 aliphatic carbocycles. The van der Waals surface area contributed by atoms with Crippen molar-refractivity contribution < 1.29 is 28.2 Å². The molecule has 11 heteroatoms. The summed E-state index contributed by atoms with van der Waals surface area (Å²) in [6.07, 6.45) is 0.0440. The summed E-state index contributed by atoms with van der Waals surface area (Å²) < 4.78 is 34.3. The Hall–Kier alpha value is -0.900. The third kappa shape index (κ3) is 8.66. The molecule has 0 fully saturated rings. The monoisotopic (exact) mass is 410 g/mol. The molecule has 0 saturated heterocycles. The van der Waals surface area contributed by atoms with Crippen LogP contribution in [0.15, 0.2) is 16.0 Å². The molecule has 1 aromatic heterocycles. The molecular weight excluding hydrogens is 383 g/mol. The molecule has 1 aromatic rings. The van der Waals surface area contributed by atoms with Crippen LogP contribution in [0.4, 0.5) is 0 Å². The molecule has 9 nitrogen and oxygen atoms in total. The number of aliphatic hydroxyl groups is 1. The molecule has 1 atom stereocenters. The van der Waals surface area contributed by atoms with Gasteiger partial charge in [0.15, 0.2) is 5.16 Å². The molecule has 0 saturated carbocycles. The highest BCUT2D eigenvalue weighted by molar-refractivity contribution is 7.98. The standard InChI is InChI=1S/C15H27N2O7PS/c1-10(2)23-25(20,24-11(3)4)9-22-12(7-18)8-21-14-6-13(19)16-15(17-14)26-5/h6,10-12,18H,7-9H2,1-5H3,(H,16,17,19)/t12-/m1/s1. The SMILES string of the molecule is CSc1nc(OC[C@@H](CO)OCP(=O)(OC(C)C)OC(C)C)cc(=O)[nH]1. The molecule has 0 aliphatic rings. The summed E-state index contributed by atoms with van der Waals surface area (Å²) in [5.41, 5.74) is -0.346. The van der Waals surface area contributed by atoms with Crippen molar-refractivity contribution >= 4 is 19.4 Å². The number of thioether (sulfide) groups is 1. The van der Waals surface area contributed by atoms with Crippen LogP contribution in [-0.2, 0) is 18.3 Å². The highest BCUT2D eigenvalue weighted by Crippen LogP contribution is 2.50. The van der Waals surface area contributed by atoms with Gasteiger partial charge in [-0.1, -0.05) is 11.8 Å². The van der Waals surface area contributed by atoms with Crippen LogP contribution in [0.25, 0.3) is 0 Å². The van der Waals surface area contributed by atoms with E-state index in [-0.39, 0.29) is 43.2 Å². The predicted octanol–water partition coefficient (Wildman–Crippen LogP) is 2.25. The number of rotatable bonds is 12. The fourth-order valence-corrected chi connectivity index (χ4v) is 4.07. The third-order valence-corrected chi connectivity index (χ3v) is 5.25. The van der Waals surface area contributed by atoms with Crippen molar-refractivity contribution in [2.75, 3.05) is 25.8 Å². The average Bonchev–Trinajstić information content (AvgIpc) is 2.52. The zero-order chi connectivity index (χ0) is 19.7. The Labute approximate surface area is 157 Å². The van der Waals surface area contributed by atoms with Gasteiger partial charge in [-0.15, -0.1) is 0 Å². The highest BCUT2D eigenvalue weighted by Gasteiger charge is 2.29. The van der Waals surface area contributed by atoms with Crippen LogP contribution in [0.5, 0.6) is 5.88 Å². The van der Waals surface area contributed by atoms with E-state index in [9.17, 15) is 14.5 Å². The van der Waals surface area contributed by atoms with Gasteiger partial charge in [0.25, 0.3) is 5.56 Å². The first-order valence-electron chi connectivity index (χ1n) is 8.14. The number of aromatic nitrogens is 2. The van der Waals surface area contributed by atoms with E-state index in [0.29, 0.717) is 5.16 Å². The first-order chi connectivity index (χ1) is 12.2. The Kier molecular flexibility index (Phi) is 9.84. The Bertz CT molecular complexity index is 639. The molecule has 0 aliphatic heterocycles. The summed E-state index contributed by atoms with van der Waals surface area (Å²) in [4.78, 5) is 18.1. The van der Waals surface area contributed by atoms with Crippen LogP contribution in [-0.4, -0.2) is 59.2 Å². The topological polar surface area (TPSA) is 120 Å². The van der Waals surface area contributed by atoms with Gasteiger partial charge in [0.05, 0.1) is 24.9 Å². The second-order valence-corrected chi connectivity index (χ2v) is 8.62. The maximum absolute atomic E-state index is 12.7. The predicted molar refractivity (Wildman–Crippen MR) is 99.0 cm³/mol. The first-order valence-corrected chi connectivity index (χ1v) is 11.1. The van der Waals surface area contributed by atoms with Crippen molar-refractivity contribution in [1.29, 1.82) is 0 Å². The number of hydrogen-bond acceptors (Lipinski definition) is 9. The molecule has 0 radical (unpaired) electrons. The molecule has 26 heavy (non-hydrogen) atoms. The van der Waals surface area contributed by atoms with Crippen LogP contribution >= 0.6 is 19.4 Å². The largest absolute Gasteiger partial charge is 0.475 e. The van der Waals surface area contributed by atoms with E-state index in [1.54, 1.807) is 34.0 Å². The van der Waals surface area contributed by atoms with Crippen LogP contribution in [0.3, 0.4) is 0 Å². The van der Waals surface area contributed by atoms with Gasteiger partial charge in [-0.2, -0.15) is 4.98 Å². The van der Waals surface area contributed by atoms with Crippen molar-refractivity contribution in [2.24, 2.45) is 0 Å². The lowest BCUT2D eigenvalue weighted by Gasteiger charge is -2.24. The Morgan fingerprint density at radius 1 is 1.27 bits per heavy atom. The van der Waals surface area contributed by atoms with E-state index < -0.39 is 13.7 Å². The highest BCUT2D eigenvalue weighted by atomic mass is 32.2. The molecule has 2 N–H and O–H groups in total. The minimum atomic E-state index is -3.48. The van der Waals surface area contributed by atoms with Gasteiger partial charge in [-0.3, -0.25) is 9.36 Å². The van der Waals surface area contributed by atoms with Crippen LogP contribution in [0.1, 0.15) is 27.7 Å². The molecule has 0 unspecified atom stereocenters. The smallest absolute Gasteiger partial charge is 0.356 e. The van der Waals surface area contributed by atoms with Crippen molar-refractivity contribution in [3.63, 3.8) is 0 Å². The number of nitrogens with zero attached hydrogens (tertiary/aromatic N) is 1. The van der Waals surface area contributed by atoms with E-state index in [2.05, 4.69) is 9.97 Å². The van der Waals surface area contributed by atoms with Gasteiger partial charge in [0.2, 0.25) is 5.88 Å². The number of aromatic amines is 1. The zero-order valence-corrected chi connectivity index (χ0v) is 17.3. The lowest BCUT2D eigenvalue weighted by molar-refractivity contribution is -0.00620. The van der Waals surface area contributed by atoms with E-state index in [0.717, 1.165) is 0 Å². The van der Waals surface area contributed by atoms with Crippen molar-refractivity contribution in [3.8, 4) is 5.88 Å². The minimum absolute atomic E-state index is 0.0792. The Morgan fingerprint density at radius 3 is 2.38 bits per heavy atom. The average molecular weight is 410 g/mol. The molecule has 0 aromatic carbocycles. The van der Waals surface area contributed by atoms with Gasteiger partial charge in [-0.05, 0) is 34.0 Å². The van der Waals surface area contributed by atoms with E-state index in [4.69, 9.17) is 18.5 Å². The lowest BCUT2D eigenvalue weighted by atomic mass is 10.4. The fraction of sp³-hybridized carbons (Fsp3) is 0.733. The molecule has 0 amide bonds. The van der Waals surface area contributed by atoms with Crippen LogP contribution in [0.2, 0.25) is 0 Å². The van der Waals surface area contributed by atoms with Crippen molar-refractivity contribution in [3.05, 3.63) is 16.4 Å². The van der Waals surface area contributed by atoms with Crippen molar-refractivity contribution in [1.82, 2.24) is 9.97 Å². The maximum Gasteiger partial charge on any atom is 0.356 e. The van der Waals surface area contributed by atoms with Crippen LogP contribution < -0.4 is 10.3 Å². The van der Waals surface area contributed by atoms with E-state index in [1.807, 2.05) is 0 Å². The van der Waals surface area contributed by atoms with E-state index in [1.165, 1.54) is 17.8 Å². The van der Waals surface area contributed by atoms with Gasteiger partial charge >= 0.3 is 7.60 Å². The molecule has 1 rings (SSSR count). The van der Waals surface area contributed by atoms with Gasteiger partial charge in [-0.25, -0.2) is 0 Å². The Morgan fingerprint density at radius 2 is 1.88 bits per heavy atom. The number of nitrogens with one attached hydrogen (secondary N) is 1. The quantitative estimate of drug-likeness (QED) is 0.304. The van der Waals surface area contributed by atoms with Crippen LogP contribution in [0, 0.1) is 0 Å². The minimum Gasteiger partial charge on any atom is -0.475 e. The lowest BCUT2D eigenvalue weighted by Crippen LogP contribution is -2.27. The van der Waals surface area contributed by atoms with Gasteiger partial charge in [0, 0.05) is 0 Å². The zero-order valence-electron chi connectivity index (χ0n) is 15.6. The molecule has 150 valence electrons. The second kappa shape index (κ2) is 11.1. The number of aliphatic hydroxyl groups excluding tert-OH is 1. The summed E-state index contributed by atoms with van der Waals surface area (Å²) in [7, 11) is -3.48. The first kappa shape index (κ1) is 23.1. The summed E-state index contributed by atoms with van der Waals surface area (Å²) >= 11 is 1.26. The second-order valence-electron chi connectivity index (χ2n) is 5.92.